The fourth-order valence-corrected chi connectivity index (χ4v) is 6.83. The van der Waals surface area contributed by atoms with Crippen LogP contribution >= 0.6 is 22.7 Å². The van der Waals surface area contributed by atoms with Crippen LogP contribution in [-0.2, 0) is 4.74 Å². The number of H-pyrrole nitrogens is 1. The van der Waals surface area contributed by atoms with E-state index in [0.717, 1.165) is 22.8 Å². The number of imidazole rings is 1. The first-order valence-electron chi connectivity index (χ1n) is 11.3. The zero-order valence-corrected chi connectivity index (χ0v) is 21.1. The highest BCUT2D eigenvalue weighted by molar-refractivity contribution is 7.20. The lowest BCUT2D eigenvalue weighted by molar-refractivity contribution is 0.0600. The molecular formula is C29H22N2O2S2. The Hall–Kier alpha value is -3.74. The highest BCUT2D eigenvalue weighted by atomic mass is 32.1. The Balaban J connectivity index is 1.62. The van der Waals surface area contributed by atoms with Crippen LogP contribution < -0.4 is 0 Å². The number of esters is 1. The number of nitrogens with one attached hydrogen (secondary N) is 1. The topological polar surface area (TPSA) is 55.0 Å². The minimum Gasteiger partial charge on any atom is -0.465 e. The van der Waals surface area contributed by atoms with Crippen molar-refractivity contribution >= 4 is 48.8 Å². The summed E-state index contributed by atoms with van der Waals surface area (Å²) in [4.78, 5) is 23.2. The SMILES string of the molecule is COC(=O)c1ccc(-c2nc(-c3c(C)sc4ccccc34)c(-c3c(C)sc4ccccc34)[nH]2)cc1. The van der Waals surface area contributed by atoms with Crippen molar-refractivity contribution in [3.63, 3.8) is 0 Å². The lowest BCUT2D eigenvalue weighted by Gasteiger charge is -2.05. The maximum absolute atomic E-state index is 11.9. The molecule has 0 saturated heterocycles. The Morgan fingerprint density at radius 2 is 1.37 bits per heavy atom. The molecule has 0 aliphatic heterocycles. The van der Waals surface area contributed by atoms with Gasteiger partial charge in [-0.25, -0.2) is 9.78 Å². The molecule has 3 aromatic heterocycles. The number of rotatable bonds is 4. The number of thiophene rings is 2. The van der Waals surface area contributed by atoms with Crippen LogP contribution in [0.2, 0.25) is 0 Å². The number of aromatic nitrogens is 2. The van der Waals surface area contributed by atoms with Crippen molar-refractivity contribution in [2.75, 3.05) is 7.11 Å². The largest absolute Gasteiger partial charge is 0.465 e. The highest BCUT2D eigenvalue weighted by Gasteiger charge is 2.24. The molecule has 0 unspecified atom stereocenters. The summed E-state index contributed by atoms with van der Waals surface area (Å²) in [5.41, 5.74) is 5.78. The normalized spacial score (nSPS) is 11.4. The summed E-state index contributed by atoms with van der Waals surface area (Å²) < 4.78 is 7.37. The predicted octanol–water partition coefficient (Wildman–Crippen LogP) is 8.24. The minimum atomic E-state index is -0.349. The van der Waals surface area contributed by atoms with Gasteiger partial charge in [0.2, 0.25) is 0 Å². The molecule has 0 spiro atoms. The maximum atomic E-state index is 11.9. The second-order valence-electron chi connectivity index (χ2n) is 8.44. The van der Waals surface area contributed by atoms with Crippen molar-refractivity contribution in [1.82, 2.24) is 9.97 Å². The Labute approximate surface area is 210 Å². The van der Waals surface area contributed by atoms with E-state index < -0.39 is 0 Å². The molecule has 172 valence electrons. The van der Waals surface area contributed by atoms with Crippen molar-refractivity contribution < 1.29 is 9.53 Å². The molecule has 0 fully saturated rings. The predicted molar refractivity (Wildman–Crippen MR) is 146 cm³/mol. The molecule has 6 aromatic rings. The number of aromatic amines is 1. The van der Waals surface area contributed by atoms with Crippen LogP contribution in [0.1, 0.15) is 20.1 Å². The Bertz CT molecular complexity index is 1620. The average molecular weight is 495 g/mol. The van der Waals surface area contributed by atoms with Crippen molar-refractivity contribution in [2.45, 2.75) is 13.8 Å². The first-order chi connectivity index (χ1) is 17.0. The van der Waals surface area contributed by atoms with Crippen LogP contribution in [0.4, 0.5) is 0 Å². The smallest absolute Gasteiger partial charge is 0.337 e. The first-order valence-corrected chi connectivity index (χ1v) is 12.9. The molecule has 0 saturated carbocycles. The number of methoxy groups -OCH3 is 1. The second kappa shape index (κ2) is 8.48. The molecule has 3 aromatic carbocycles. The van der Waals surface area contributed by atoms with Crippen LogP contribution in [0.3, 0.4) is 0 Å². The standard InChI is InChI=1S/C29H22N2O2S2/c1-16-24(20-8-4-6-10-22(20)34-16)26-27(25-17(2)35-23-11-7-5-9-21(23)25)31-28(30-26)18-12-14-19(15-13-18)29(32)33-3/h4-15H,1-3H3,(H,30,31). The number of carbonyl (C=O) groups excluding carboxylic acids is 1. The zero-order chi connectivity index (χ0) is 24.1. The third-order valence-corrected chi connectivity index (χ3v) is 8.49. The lowest BCUT2D eigenvalue weighted by atomic mass is 10.0. The van der Waals surface area contributed by atoms with Gasteiger partial charge in [-0.05, 0) is 38.1 Å². The molecule has 0 aliphatic rings. The van der Waals surface area contributed by atoms with Gasteiger partial charge >= 0.3 is 5.97 Å². The van der Waals surface area contributed by atoms with Gasteiger partial charge < -0.3 is 9.72 Å². The van der Waals surface area contributed by atoms with Gasteiger partial charge in [-0.2, -0.15) is 0 Å². The first kappa shape index (κ1) is 21.8. The zero-order valence-electron chi connectivity index (χ0n) is 19.5. The van der Waals surface area contributed by atoms with E-state index in [4.69, 9.17) is 9.72 Å². The quantitative estimate of drug-likeness (QED) is 0.251. The second-order valence-corrected chi connectivity index (χ2v) is 10.9. The van der Waals surface area contributed by atoms with E-state index >= 15 is 0 Å². The molecule has 1 N–H and O–H groups in total. The van der Waals surface area contributed by atoms with E-state index in [-0.39, 0.29) is 5.97 Å². The minimum absolute atomic E-state index is 0.349. The number of hydrogen-bond acceptors (Lipinski definition) is 5. The van der Waals surface area contributed by atoms with Gasteiger partial charge in [-0.15, -0.1) is 22.7 Å². The van der Waals surface area contributed by atoms with Gasteiger partial charge in [0.05, 0.1) is 24.1 Å². The molecule has 4 nitrogen and oxygen atoms in total. The van der Waals surface area contributed by atoms with Gasteiger partial charge in [0.1, 0.15) is 5.82 Å². The molecule has 0 bridgehead atoms. The van der Waals surface area contributed by atoms with Gasteiger partial charge in [0, 0.05) is 46.6 Å². The molecular weight excluding hydrogens is 472 g/mol. The molecule has 3 heterocycles. The highest BCUT2D eigenvalue weighted by Crippen LogP contribution is 2.46. The third kappa shape index (κ3) is 3.57. The van der Waals surface area contributed by atoms with Crippen LogP contribution in [0.5, 0.6) is 0 Å². The van der Waals surface area contributed by atoms with Crippen LogP contribution in [0, 0.1) is 13.8 Å². The molecule has 0 atom stereocenters. The molecule has 6 heteroatoms. The van der Waals surface area contributed by atoms with Gasteiger partial charge in [-0.3, -0.25) is 0 Å². The Morgan fingerprint density at radius 1 is 0.800 bits per heavy atom. The summed E-state index contributed by atoms with van der Waals surface area (Å²) in [6, 6.07) is 24.4. The fourth-order valence-electron chi connectivity index (χ4n) is 4.69. The van der Waals surface area contributed by atoms with Crippen molar-refractivity contribution in [3.05, 3.63) is 88.1 Å². The summed E-state index contributed by atoms with van der Waals surface area (Å²) in [5.74, 6) is 0.425. The van der Waals surface area contributed by atoms with Gasteiger partial charge in [-0.1, -0.05) is 48.5 Å². The number of fused-ring (bicyclic) bond motifs is 2. The third-order valence-electron chi connectivity index (χ3n) is 6.31. The summed E-state index contributed by atoms with van der Waals surface area (Å²) in [5, 5.41) is 2.44. The maximum Gasteiger partial charge on any atom is 0.337 e. The molecule has 0 aliphatic carbocycles. The van der Waals surface area contributed by atoms with Crippen molar-refractivity contribution in [2.24, 2.45) is 0 Å². The Kier molecular flexibility index (Phi) is 5.28. The molecule has 35 heavy (non-hydrogen) atoms. The van der Waals surface area contributed by atoms with Gasteiger partial charge in [0.15, 0.2) is 0 Å². The van der Waals surface area contributed by atoms with E-state index in [1.165, 1.54) is 48.2 Å². The van der Waals surface area contributed by atoms with Crippen LogP contribution in [-0.4, -0.2) is 23.0 Å². The summed E-state index contributed by atoms with van der Waals surface area (Å²) in [7, 11) is 1.39. The van der Waals surface area contributed by atoms with E-state index in [9.17, 15) is 4.79 Å². The van der Waals surface area contributed by atoms with Crippen molar-refractivity contribution in [1.29, 1.82) is 0 Å². The monoisotopic (exact) mass is 494 g/mol. The number of nitrogens with zero attached hydrogens (tertiary/aromatic N) is 1. The molecule has 6 rings (SSSR count). The van der Waals surface area contributed by atoms with E-state index in [2.05, 4.69) is 67.4 Å². The van der Waals surface area contributed by atoms with Crippen molar-refractivity contribution in [3.8, 4) is 33.9 Å². The lowest BCUT2D eigenvalue weighted by Crippen LogP contribution is -2.00. The summed E-state index contributed by atoms with van der Waals surface area (Å²) in [6.07, 6.45) is 0. The summed E-state index contributed by atoms with van der Waals surface area (Å²) >= 11 is 3.60. The van der Waals surface area contributed by atoms with Crippen LogP contribution in [0.25, 0.3) is 54.1 Å². The fraction of sp³-hybridized carbons (Fsp3) is 0.103. The van der Waals surface area contributed by atoms with E-state index in [1.54, 1.807) is 34.8 Å². The number of ether oxygens (including phenoxy) is 1. The number of aryl methyl sites for hydroxylation is 2. The average Bonchev–Trinajstić information content (AvgIpc) is 3.54. The Morgan fingerprint density at radius 3 is 2.00 bits per heavy atom. The number of carbonyl (C=O) groups is 1. The molecule has 0 radical (unpaired) electrons. The molecule has 0 amide bonds. The summed E-state index contributed by atoms with van der Waals surface area (Å²) in [6.45, 7) is 4.34. The number of hydrogen-bond donors (Lipinski definition) is 1. The van der Waals surface area contributed by atoms with Gasteiger partial charge in [0.25, 0.3) is 0 Å². The van der Waals surface area contributed by atoms with E-state index in [0.29, 0.717) is 5.56 Å². The van der Waals surface area contributed by atoms with Crippen LogP contribution in [0.15, 0.2) is 72.8 Å². The van der Waals surface area contributed by atoms with E-state index in [1.807, 2.05) is 12.1 Å². The number of benzene rings is 3.